The first-order valence-electron chi connectivity index (χ1n) is 7.11. The quantitative estimate of drug-likeness (QED) is 0.648. The lowest BCUT2D eigenvalue weighted by molar-refractivity contribution is 0.0698. The van der Waals surface area contributed by atoms with Crippen molar-refractivity contribution in [3.8, 4) is 0 Å². The number of fused-ring (bicyclic) bond motifs is 1. The molecule has 0 aliphatic heterocycles. The van der Waals surface area contributed by atoms with Crippen LogP contribution in [0.1, 0.15) is 15.9 Å². The highest BCUT2D eigenvalue weighted by atomic mass is 35.5. The van der Waals surface area contributed by atoms with Crippen molar-refractivity contribution < 1.29 is 19.4 Å². The van der Waals surface area contributed by atoms with Gasteiger partial charge in [-0.3, -0.25) is 0 Å². The van der Waals surface area contributed by atoms with Gasteiger partial charge in [0, 0.05) is 10.7 Å². The number of hydrogen-bond donors (Lipinski definition) is 3. The van der Waals surface area contributed by atoms with E-state index in [4.69, 9.17) is 11.6 Å². The molecule has 0 aliphatic carbocycles. The molecule has 3 N–H and O–H groups in total. The molecule has 0 radical (unpaired) electrons. The molecule has 3 rings (SSSR count). The Morgan fingerprint density at radius 1 is 1.08 bits per heavy atom. The second-order valence-corrected chi connectivity index (χ2v) is 5.69. The predicted molar refractivity (Wildman–Crippen MR) is 91.5 cm³/mol. The second kappa shape index (κ2) is 6.47. The van der Waals surface area contributed by atoms with Crippen molar-refractivity contribution in [3.05, 3.63) is 70.5 Å². The molecule has 0 atom stereocenters. The van der Waals surface area contributed by atoms with Crippen molar-refractivity contribution in [1.82, 2.24) is 0 Å². The van der Waals surface area contributed by atoms with Crippen LogP contribution in [0.3, 0.4) is 0 Å². The molecule has 3 aromatic carbocycles. The van der Waals surface area contributed by atoms with Crippen LogP contribution in [0.25, 0.3) is 10.8 Å². The van der Waals surface area contributed by atoms with Crippen LogP contribution >= 0.6 is 11.6 Å². The van der Waals surface area contributed by atoms with Crippen LogP contribution in [0.15, 0.2) is 48.5 Å². The predicted octanol–water partition coefficient (Wildman–Crippen LogP) is 4.57. The summed E-state index contributed by atoms with van der Waals surface area (Å²) in [6.45, 7) is -0.301. The molecular formula is C18H13ClFNO3. The normalized spacial score (nSPS) is 10.8. The van der Waals surface area contributed by atoms with E-state index in [9.17, 15) is 19.4 Å². The second-order valence-electron chi connectivity index (χ2n) is 5.28. The standard InChI is InChI=1S/C18H13ClFNO3/c19-16-8-15(18(23)24)17(7-12(16)9-22)21-14-4-2-10-5-13(20)3-1-11(10)6-14/h1-8,21-22H,9H2,(H,23,24). The fourth-order valence-corrected chi connectivity index (χ4v) is 2.69. The van der Waals surface area contributed by atoms with Crippen molar-refractivity contribution in [2.75, 3.05) is 5.32 Å². The van der Waals surface area contributed by atoms with Gasteiger partial charge in [-0.1, -0.05) is 23.7 Å². The van der Waals surface area contributed by atoms with E-state index < -0.39 is 5.97 Å². The van der Waals surface area contributed by atoms with Crippen molar-refractivity contribution in [2.24, 2.45) is 0 Å². The molecule has 0 spiro atoms. The van der Waals surface area contributed by atoms with Gasteiger partial charge in [0.05, 0.1) is 17.9 Å². The van der Waals surface area contributed by atoms with Crippen LogP contribution in [0.5, 0.6) is 0 Å². The Labute approximate surface area is 142 Å². The monoisotopic (exact) mass is 345 g/mol. The summed E-state index contributed by atoms with van der Waals surface area (Å²) in [7, 11) is 0. The molecule has 0 aliphatic rings. The molecule has 0 bridgehead atoms. The van der Waals surface area contributed by atoms with E-state index in [0.717, 1.165) is 10.8 Å². The average Bonchev–Trinajstić information content (AvgIpc) is 2.56. The Morgan fingerprint density at radius 2 is 1.79 bits per heavy atom. The molecular weight excluding hydrogens is 333 g/mol. The topological polar surface area (TPSA) is 69.6 Å². The number of carboxylic acid groups (broad SMARTS) is 1. The minimum atomic E-state index is -1.13. The molecule has 0 heterocycles. The summed E-state index contributed by atoms with van der Waals surface area (Å²) in [5.74, 6) is -1.45. The lowest BCUT2D eigenvalue weighted by atomic mass is 10.1. The smallest absolute Gasteiger partial charge is 0.337 e. The summed E-state index contributed by atoms with van der Waals surface area (Å²) < 4.78 is 13.2. The SMILES string of the molecule is O=C(O)c1cc(Cl)c(CO)cc1Nc1ccc2cc(F)ccc2c1. The van der Waals surface area contributed by atoms with E-state index in [0.29, 0.717) is 16.9 Å². The molecule has 6 heteroatoms. The van der Waals surface area contributed by atoms with E-state index in [1.807, 2.05) is 0 Å². The van der Waals surface area contributed by atoms with Crippen molar-refractivity contribution in [1.29, 1.82) is 0 Å². The molecule has 24 heavy (non-hydrogen) atoms. The fraction of sp³-hybridized carbons (Fsp3) is 0.0556. The summed E-state index contributed by atoms with van der Waals surface area (Å²) in [5.41, 5.74) is 1.38. The minimum Gasteiger partial charge on any atom is -0.478 e. The van der Waals surface area contributed by atoms with Crippen LogP contribution in [-0.2, 0) is 6.61 Å². The number of hydrogen-bond acceptors (Lipinski definition) is 3. The average molecular weight is 346 g/mol. The van der Waals surface area contributed by atoms with Gasteiger partial charge in [0.2, 0.25) is 0 Å². The van der Waals surface area contributed by atoms with E-state index >= 15 is 0 Å². The molecule has 0 amide bonds. The van der Waals surface area contributed by atoms with Gasteiger partial charge < -0.3 is 15.5 Å². The third-order valence-corrected chi connectivity index (χ3v) is 4.02. The molecule has 0 fully saturated rings. The summed E-state index contributed by atoms with van der Waals surface area (Å²) in [6.07, 6.45) is 0. The van der Waals surface area contributed by atoms with E-state index in [1.54, 1.807) is 24.3 Å². The molecule has 3 aromatic rings. The zero-order chi connectivity index (χ0) is 17.3. The van der Waals surface area contributed by atoms with Crippen molar-refractivity contribution in [3.63, 3.8) is 0 Å². The Morgan fingerprint density at radius 3 is 2.50 bits per heavy atom. The Bertz CT molecular complexity index is 943. The largest absolute Gasteiger partial charge is 0.478 e. The van der Waals surface area contributed by atoms with Gasteiger partial charge in [0.1, 0.15) is 5.82 Å². The highest BCUT2D eigenvalue weighted by Gasteiger charge is 2.14. The summed E-state index contributed by atoms with van der Waals surface area (Å²) >= 11 is 5.95. The van der Waals surface area contributed by atoms with Gasteiger partial charge in [-0.2, -0.15) is 0 Å². The highest BCUT2D eigenvalue weighted by Crippen LogP contribution is 2.29. The molecule has 0 saturated carbocycles. The van der Waals surface area contributed by atoms with Gasteiger partial charge in [-0.25, -0.2) is 9.18 Å². The maximum absolute atomic E-state index is 13.2. The first-order valence-corrected chi connectivity index (χ1v) is 7.48. The number of aliphatic hydroxyl groups excluding tert-OH is 1. The number of rotatable bonds is 4. The number of aromatic carboxylic acids is 1. The van der Waals surface area contributed by atoms with E-state index in [1.165, 1.54) is 24.3 Å². The third-order valence-electron chi connectivity index (χ3n) is 3.67. The summed E-state index contributed by atoms with van der Waals surface area (Å²) in [5, 5.41) is 23.4. The van der Waals surface area contributed by atoms with Crippen LogP contribution in [0, 0.1) is 5.82 Å². The Kier molecular flexibility index (Phi) is 4.38. The van der Waals surface area contributed by atoms with Crippen LogP contribution < -0.4 is 5.32 Å². The number of nitrogens with one attached hydrogen (secondary N) is 1. The minimum absolute atomic E-state index is 0.00333. The van der Waals surface area contributed by atoms with Gasteiger partial charge in [-0.05, 0) is 52.7 Å². The summed E-state index contributed by atoms with van der Waals surface area (Å²) in [6, 6.07) is 12.5. The molecule has 0 aromatic heterocycles. The lowest BCUT2D eigenvalue weighted by Crippen LogP contribution is -2.04. The first-order chi connectivity index (χ1) is 11.5. The van der Waals surface area contributed by atoms with Crippen molar-refractivity contribution in [2.45, 2.75) is 6.61 Å². The van der Waals surface area contributed by atoms with Crippen molar-refractivity contribution >= 4 is 39.7 Å². The maximum atomic E-state index is 13.2. The zero-order valence-electron chi connectivity index (χ0n) is 12.4. The third kappa shape index (κ3) is 3.18. The van der Waals surface area contributed by atoms with Crippen LogP contribution in [-0.4, -0.2) is 16.2 Å². The van der Waals surface area contributed by atoms with Gasteiger partial charge in [0.15, 0.2) is 0 Å². The number of benzene rings is 3. The summed E-state index contributed by atoms with van der Waals surface area (Å²) in [4.78, 5) is 11.4. The maximum Gasteiger partial charge on any atom is 0.337 e. The number of halogens is 2. The van der Waals surface area contributed by atoms with Crippen LogP contribution in [0.4, 0.5) is 15.8 Å². The molecule has 4 nitrogen and oxygen atoms in total. The number of aliphatic hydroxyl groups is 1. The van der Waals surface area contributed by atoms with Gasteiger partial charge in [0.25, 0.3) is 0 Å². The van der Waals surface area contributed by atoms with Crippen LogP contribution in [0.2, 0.25) is 5.02 Å². The lowest BCUT2D eigenvalue weighted by Gasteiger charge is -2.13. The zero-order valence-corrected chi connectivity index (χ0v) is 13.1. The van der Waals surface area contributed by atoms with E-state index in [2.05, 4.69) is 5.32 Å². The number of anilines is 2. The molecule has 122 valence electrons. The highest BCUT2D eigenvalue weighted by molar-refractivity contribution is 6.32. The van der Waals surface area contributed by atoms with Gasteiger partial charge in [-0.15, -0.1) is 0 Å². The fourth-order valence-electron chi connectivity index (χ4n) is 2.47. The van der Waals surface area contributed by atoms with Gasteiger partial charge >= 0.3 is 5.97 Å². The Hall–Kier alpha value is -2.63. The number of carboxylic acids is 1. The van der Waals surface area contributed by atoms with E-state index in [-0.39, 0.29) is 23.0 Å². The number of carbonyl (C=O) groups is 1. The molecule has 0 saturated heterocycles. The first kappa shape index (κ1) is 16.2. The molecule has 0 unspecified atom stereocenters. The Balaban J connectivity index is 2.04.